The number of hydrogen-bond donors (Lipinski definition) is 0. The van der Waals surface area contributed by atoms with Crippen molar-refractivity contribution in [3.05, 3.63) is 206 Å². The van der Waals surface area contributed by atoms with E-state index in [1.807, 2.05) is 0 Å². The summed E-state index contributed by atoms with van der Waals surface area (Å²) in [5.41, 5.74) is 12.3. The fourth-order valence-electron chi connectivity index (χ4n) is 8.21. The van der Waals surface area contributed by atoms with Crippen molar-refractivity contribution in [1.29, 1.82) is 0 Å². The van der Waals surface area contributed by atoms with Gasteiger partial charge in [0.1, 0.15) is 0 Å². The predicted octanol–water partition coefficient (Wildman–Crippen LogP) is 14.6. The van der Waals surface area contributed by atoms with Crippen LogP contribution >= 0.6 is 0 Å². The molecular weight excluding hydrogens is 625 g/mol. The van der Waals surface area contributed by atoms with Crippen LogP contribution in [0.15, 0.2) is 206 Å². The lowest BCUT2D eigenvalue weighted by molar-refractivity contribution is 1.57. The van der Waals surface area contributed by atoms with E-state index in [0.29, 0.717) is 0 Å². The van der Waals surface area contributed by atoms with Crippen LogP contribution in [0.5, 0.6) is 0 Å². The van der Waals surface area contributed by atoms with Crippen LogP contribution in [0.2, 0.25) is 0 Å². The SMILES string of the molecule is c1ccc(-c2c3ccccc3c(-c3ccc(-c4ccc5ccccc5c4)c(-c4ccccc4-c4ccc5ccccc5c4)c3)c3ccccc23)cc1. The van der Waals surface area contributed by atoms with E-state index in [1.54, 1.807) is 0 Å². The van der Waals surface area contributed by atoms with E-state index >= 15 is 0 Å². The standard InChI is InChI=1S/C52H34/c1-2-16-37(17-3-1)51-46-22-10-12-24-48(46)52(49-25-13-11-23-47(49)51)42-30-31-44(41-29-27-36-15-5-7-19-39(36)33-41)50(34-42)45-21-9-8-20-43(45)40-28-26-35-14-4-6-18-38(35)32-40/h1-34H. The van der Waals surface area contributed by atoms with Crippen LogP contribution in [0.1, 0.15) is 0 Å². The first-order chi connectivity index (χ1) is 25.8. The second-order valence-corrected chi connectivity index (χ2v) is 13.6. The first-order valence-electron chi connectivity index (χ1n) is 18.0. The summed E-state index contributed by atoms with van der Waals surface area (Å²) < 4.78 is 0. The average Bonchev–Trinajstić information content (AvgIpc) is 3.22. The summed E-state index contributed by atoms with van der Waals surface area (Å²) >= 11 is 0. The van der Waals surface area contributed by atoms with E-state index in [0.717, 1.165) is 0 Å². The third-order valence-electron chi connectivity index (χ3n) is 10.6. The zero-order valence-electron chi connectivity index (χ0n) is 28.6. The topological polar surface area (TPSA) is 0 Å². The van der Waals surface area contributed by atoms with E-state index in [2.05, 4.69) is 206 Å². The first kappa shape index (κ1) is 30.1. The minimum Gasteiger partial charge on any atom is -0.0622 e. The lowest BCUT2D eigenvalue weighted by Gasteiger charge is -2.20. The van der Waals surface area contributed by atoms with Gasteiger partial charge in [-0.05, 0) is 117 Å². The quantitative estimate of drug-likeness (QED) is 0.161. The Bertz CT molecular complexity index is 2890. The fourth-order valence-corrected chi connectivity index (χ4v) is 8.21. The number of benzene rings is 10. The van der Waals surface area contributed by atoms with Gasteiger partial charge in [0, 0.05) is 0 Å². The normalized spacial score (nSPS) is 11.5. The Labute approximate surface area is 303 Å². The molecule has 0 heterocycles. The Hall–Kier alpha value is -6.76. The molecule has 0 spiro atoms. The van der Waals surface area contributed by atoms with Crippen molar-refractivity contribution in [2.45, 2.75) is 0 Å². The van der Waals surface area contributed by atoms with Crippen LogP contribution in [-0.2, 0) is 0 Å². The molecule has 0 fully saturated rings. The monoisotopic (exact) mass is 658 g/mol. The minimum absolute atomic E-state index is 1.21. The molecule has 0 aromatic heterocycles. The number of hydrogen-bond acceptors (Lipinski definition) is 0. The van der Waals surface area contributed by atoms with Gasteiger partial charge in [-0.25, -0.2) is 0 Å². The van der Waals surface area contributed by atoms with Gasteiger partial charge in [0.2, 0.25) is 0 Å². The van der Waals surface area contributed by atoms with E-state index in [9.17, 15) is 0 Å². The van der Waals surface area contributed by atoms with Gasteiger partial charge in [0.25, 0.3) is 0 Å². The largest absolute Gasteiger partial charge is 0.0622 e. The molecule has 0 nitrogen and oxygen atoms in total. The third-order valence-corrected chi connectivity index (χ3v) is 10.6. The summed E-state index contributed by atoms with van der Waals surface area (Å²) in [5.74, 6) is 0. The van der Waals surface area contributed by atoms with Crippen molar-refractivity contribution in [3.63, 3.8) is 0 Å². The maximum Gasteiger partial charge on any atom is -0.00261 e. The molecule has 0 unspecified atom stereocenters. The molecule has 10 aromatic rings. The molecule has 0 saturated carbocycles. The average molecular weight is 659 g/mol. The molecule has 0 aliphatic carbocycles. The van der Waals surface area contributed by atoms with Crippen molar-refractivity contribution >= 4 is 43.1 Å². The molecule has 52 heavy (non-hydrogen) atoms. The highest BCUT2D eigenvalue weighted by atomic mass is 14.2. The molecule has 0 atom stereocenters. The zero-order chi connectivity index (χ0) is 34.4. The van der Waals surface area contributed by atoms with Crippen LogP contribution in [0.3, 0.4) is 0 Å². The highest BCUT2D eigenvalue weighted by Gasteiger charge is 2.19. The van der Waals surface area contributed by atoms with Gasteiger partial charge in [-0.1, -0.05) is 188 Å². The van der Waals surface area contributed by atoms with Gasteiger partial charge < -0.3 is 0 Å². The second kappa shape index (κ2) is 12.5. The van der Waals surface area contributed by atoms with E-state index < -0.39 is 0 Å². The van der Waals surface area contributed by atoms with Crippen LogP contribution < -0.4 is 0 Å². The summed E-state index contributed by atoms with van der Waals surface area (Å²) in [5, 5.41) is 10.0. The third kappa shape index (κ3) is 5.08. The van der Waals surface area contributed by atoms with E-state index in [1.165, 1.54) is 98.7 Å². The summed E-state index contributed by atoms with van der Waals surface area (Å²) in [6.07, 6.45) is 0. The molecular formula is C52H34. The maximum atomic E-state index is 2.45. The molecule has 10 rings (SSSR count). The molecule has 0 N–H and O–H groups in total. The molecule has 0 saturated heterocycles. The summed E-state index contributed by atoms with van der Waals surface area (Å²) in [6.45, 7) is 0. The lowest BCUT2D eigenvalue weighted by atomic mass is 9.83. The number of rotatable bonds is 5. The molecule has 242 valence electrons. The van der Waals surface area contributed by atoms with Crippen LogP contribution in [0, 0.1) is 0 Å². The van der Waals surface area contributed by atoms with Crippen molar-refractivity contribution in [1.82, 2.24) is 0 Å². The maximum absolute atomic E-state index is 2.45. The number of fused-ring (bicyclic) bond motifs is 4. The molecule has 0 amide bonds. The minimum atomic E-state index is 1.21. The van der Waals surface area contributed by atoms with E-state index in [-0.39, 0.29) is 0 Å². The Balaban J connectivity index is 1.27. The molecule has 0 aliphatic rings. The summed E-state index contributed by atoms with van der Waals surface area (Å²) in [4.78, 5) is 0. The lowest BCUT2D eigenvalue weighted by Crippen LogP contribution is -1.93. The fraction of sp³-hybridized carbons (Fsp3) is 0. The zero-order valence-corrected chi connectivity index (χ0v) is 28.6. The van der Waals surface area contributed by atoms with E-state index in [4.69, 9.17) is 0 Å². The molecule has 0 bridgehead atoms. The van der Waals surface area contributed by atoms with Gasteiger partial charge >= 0.3 is 0 Å². The highest BCUT2D eigenvalue weighted by Crippen LogP contribution is 2.46. The van der Waals surface area contributed by atoms with Crippen molar-refractivity contribution in [2.24, 2.45) is 0 Å². The Morgan fingerprint density at radius 1 is 0.192 bits per heavy atom. The van der Waals surface area contributed by atoms with Gasteiger partial charge in [-0.15, -0.1) is 0 Å². The highest BCUT2D eigenvalue weighted by molar-refractivity contribution is 6.21. The molecule has 0 aliphatic heterocycles. The van der Waals surface area contributed by atoms with Gasteiger partial charge in [0.15, 0.2) is 0 Å². The summed E-state index contributed by atoms with van der Waals surface area (Å²) in [7, 11) is 0. The smallest absolute Gasteiger partial charge is 0.00261 e. The first-order valence-corrected chi connectivity index (χ1v) is 18.0. The van der Waals surface area contributed by atoms with Crippen LogP contribution in [0.25, 0.3) is 98.7 Å². The van der Waals surface area contributed by atoms with Crippen molar-refractivity contribution in [3.8, 4) is 55.6 Å². The van der Waals surface area contributed by atoms with Gasteiger partial charge in [-0.3, -0.25) is 0 Å². The Morgan fingerprint density at radius 2 is 0.596 bits per heavy atom. The Morgan fingerprint density at radius 3 is 1.15 bits per heavy atom. The van der Waals surface area contributed by atoms with Crippen LogP contribution in [-0.4, -0.2) is 0 Å². The van der Waals surface area contributed by atoms with Gasteiger partial charge in [0.05, 0.1) is 0 Å². The molecule has 10 aromatic carbocycles. The second-order valence-electron chi connectivity index (χ2n) is 13.6. The molecule has 0 radical (unpaired) electrons. The van der Waals surface area contributed by atoms with Gasteiger partial charge in [-0.2, -0.15) is 0 Å². The Kier molecular flexibility index (Phi) is 7.25. The van der Waals surface area contributed by atoms with Crippen molar-refractivity contribution < 1.29 is 0 Å². The summed E-state index contributed by atoms with van der Waals surface area (Å²) in [6, 6.07) is 75.7. The molecule has 0 heteroatoms. The predicted molar refractivity (Wildman–Crippen MR) is 224 cm³/mol. The van der Waals surface area contributed by atoms with Crippen molar-refractivity contribution in [2.75, 3.05) is 0 Å². The van der Waals surface area contributed by atoms with Crippen LogP contribution in [0.4, 0.5) is 0 Å².